The number of nitrogens with zero attached hydrogens (tertiary/aromatic N) is 2. The molecule has 24 heavy (non-hydrogen) atoms. The third kappa shape index (κ3) is 4.57. The van der Waals surface area contributed by atoms with Crippen molar-refractivity contribution in [3.63, 3.8) is 0 Å². The summed E-state index contributed by atoms with van der Waals surface area (Å²) in [6.45, 7) is 5.15. The van der Waals surface area contributed by atoms with Crippen LogP contribution in [0.15, 0.2) is 24.3 Å². The van der Waals surface area contributed by atoms with Gasteiger partial charge >= 0.3 is 0 Å². The summed E-state index contributed by atoms with van der Waals surface area (Å²) in [6, 6.07) is 9.74. The first kappa shape index (κ1) is 17.9. The van der Waals surface area contributed by atoms with Gasteiger partial charge in [-0.3, -0.25) is 4.90 Å². The van der Waals surface area contributed by atoms with Crippen LogP contribution in [0.25, 0.3) is 0 Å². The molecule has 2 saturated heterocycles. The molecule has 1 aromatic rings. The van der Waals surface area contributed by atoms with Gasteiger partial charge in [-0.1, -0.05) is 24.3 Å². The highest BCUT2D eigenvalue weighted by Crippen LogP contribution is 2.35. The maximum atomic E-state index is 6.22. The fraction of sp³-hybridized carbons (Fsp3) is 0.700. The molecule has 4 heteroatoms. The van der Waals surface area contributed by atoms with Crippen LogP contribution < -0.4 is 5.32 Å². The van der Waals surface area contributed by atoms with Crippen molar-refractivity contribution < 1.29 is 4.74 Å². The van der Waals surface area contributed by atoms with Crippen LogP contribution in [0, 0.1) is 0 Å². The van der Waals surface area contributed by atoms with Crippen molar-refractivity contribution in [2.75, 3.05) is 40.8 Å². The lowest BCUT2D eigenvalue weighted by Gasteiger charge is -2.46. The zero-order valence-electron chi connectivity index (χ0n) is 15.6. The average molecular weight is 332 g/mol. The van der Waals surface area contributed by atoms with Crippen LogP contribution in [0.3, 0.4) is 0 Å². The molecule has 134 valence electrons. The minimum absolute atomic E-state index is 0.137. The van der Waals surface area contributed by atoms with E-state index in [1.54, 1.807) is 0 Å². The molecule has 0 aromatic heterocycles. The van der Waals surface area contributed by atoms with Gasteiger partial charge < -0.3 is 15.0 Å². The summed E-state index contributed by atoms with van der Waals surface area (Å²) in [7, 11) is 6.51. The first-order chi connectivity index (χ1) is 11.6. The van der Waals surface area contributed by atoms with Crippen LogP contribution in [0.4, 0.5) is 0 Å². The Hall–Kier alpha value is -0.940. The summed E-state index contributed by atoms with van der Waals surface area (Å²) < 4.78 is 6.22. The zero-order valence-corrected chi connectivity index (χ0v) is 15.6. The number of nitrogens with one attached hydrogen (secondary N) is 1. The van der Waals surface area contributed by atoms with E-state index in [1.807, 2.05) is 0 Å². The highest BCUT2D eigenvalue weighted by atomic mass is 16.5. The van der Waals surface area contributed by atoms with Crippen molar-refractivity contribution in [2.24, 2.45) is 0 Å². The highest BCUT2D eigenvalue weighted by molar-refractivity contribution is 5.22. The summed E-state index contributed by atoms with van der Waals surface area (Å²) in [6.07, 6.45) is 4.67. The van der Waals surface area contributed by atoms with E-state index < -0.39 is 0 Å². The summed E-state index contributed by atoms with van der Waals surface area (Å²) in [5.74, 6) is 0. The molecule has 1 unspecified atom stereocenters. The van der Waals surface area contributed by atoms with Gasteiger partial charge in [0.05, 0.1) is 5.60 Å². The molecule has 1 aromatic carbocycles. The van der Waals surface area contributed by atoms with Gasteiger partial charge in [-0.25, -0.2) is 0 Å². The van der Waals surface area contributed by atoms with Gasteiger partial charge in [-0.05, 0) is 71.0 Å². The molecule has 1 N–H and O–H groups in total. The first-order valence-corrected chi connectivity index (χ1v) is 9.34. The van der Waals surface area contributed by atoms with Gasteiger partial charge in [-0.15, -0.1) is 0 Å². The third-order valence-electron chi connectivity index (χ3n) is 5.56. The van der Waals surface area contributed by atoms with Crippen molar-refractivity contribution in [1.29, 1.82) is 0 Å². The van der Waals surface area contributed by atoms with Gasteiger partial charge in [0, 0.05) is 25.7 Å². The maximum Gasteiger partial charge on any atom is 0.0721 e. The van der Waals surface area contributed by atoms with E-state index in [1.165, 1.54) is 17.5 Å². The largest absolute Gasteiger partial charge is 0.375 e. The summed E-state index contributed by atoms with van der Waals surface area (Å²) in [5.41, 5.74) is 2.93. The van der Waals surface area contributed by atoms with Crippen LogP contribution in [0.5, 0.6) is 0 Å². The van der Waals surface area contributed by atoms with Crippen LogP contribution in [0.1, 0.15) is 36.8 Å². The topological polar surface area (TPSA) is 27.7 Å². The number of benzene rings is 1. The lowest BCUT2D eigenvalue weighted by Crippen LogP contribution is -2.52. The lowest BCUT2D eigenvalue weighted by molar-refractivity contribution is -0.119. The molecule has 2 aliphatic rings. The fourth-order valence-corrected chi connectivity index (χ4v) is 4.14. The highest BCUT2D eigenvalue weighted by Gasteiger charge is 2.39. The molecule has 2 heterocycles. The number of ether oxygens (including phenoxy) is 1. The van der Waals surface area contributed by atoms with Crippen LogP contribution in [0.2, 0.25) is 0 Å². The van der Waals surface area contributed by atoms with Crippen molar-refractivity contribution in [1.82, 2.24) is 15.1 Å². The molecule has 0 amide bonds. The van der Waals surface area contributed by atoms with E-state index in [0.717, 1.165) is 52.0 Å². The zero-order chi connectivity index (χ0) is 17.0. The Balaban J connectivity index is 1.56. The molecule has 3 rings (SSSR count). The van der Waals surface area contributed by atoms with E-state index in [4.69, 9.17) is 4.74 Å². The van der Waals surface area contributed by atoms with Crippen molar-refractivity contribution in [3.05, 3.63) is 35.4 Å². The van der Waals surface area contributed by atoms with Crippen molar-refractivity contribution in [3.8, 4) is 0 Å². The Labute approximate surface area is 147 Å². The minimum atomic E-state index is 0.137. The van der Waals surface area contributed by atoms with E-state index in [2.05, 4.69) is 60.5 Å². The van der Waals surface area contributed by atoms with Crippen molar-refractivity contribution in [2.45, 2.75) is 50.4 Å². The van der Waals surface area contributed by atoms with E-state index >= 15 is 0 Å². The molecule has 0 saturated carbocycles. The normalized spacial score (nSPS) is 24.0. The second-order valence-corrected chi connectivity index (χ2v) is 7.90. The molecule has 1 spiro atoms. The monoisotopic (exact) mass is 331 g/mol. The first-order valence-electron chi connectivity index (χ1n) is 9.34. The van der Waals surface area contributed by atoms with Gasteiger partial charge in [0.2, 0.25) is 0 Å². The summed E-state index contributed by atoms with van der Waals surface area (Å²) in [5, 5.41) is 3.46. The standard InChI is InChI=1S/C20H33N3O/c1-22(2)15-17-4-6-18(7-5-17)16-23(3)19-8-13-24-20(14-19)9-11-21-12-10-20/h4-7,19,21H,8-16H2,1-3H3. The fourth-order valence-electron chi connectivity index (χ4n) is 4.14. The summed E-state index contributed by atoms with van der Waals surface area (Å²) in [4.78, 5) is 4.74. The molecule has 2 aliphatic heterocycles. The molecule has 0 bridgehead atoms. The predicted octanol–water partition coefficient (Wildman–Crippen LogP) is 2.48. The molecular formula is C20H33N3O. The van der Waals surface area contributed by atoms with Crippen LogP contribution in [-0.2, 0) is 17.8 Å². The molecular weight excluding hydrogens is 298 g/mol. The number of rotatable bonds is 5. The van der Waals surface area contributed by atoms with Gasteiger partial charge in [0.25, 0.3) is 0 Å². The van der Waals surface area contributed by atoms with Crippen LogP contribution in [-0.4, -0.2) is 62.3 Å². The lowest BCUT2D eigenvalue weighted by atomic mass is 9.82. The molecule has 0 aliphatic carbocycles. The Morgan fingerprint density at radius 3 is 2.29 bits per heavy atom. The van der Waals surface area contributed by atoms with Crippen molar-refractivity contribution >= 4 is 0 Å². The number of hydrogen-bond donors (Lipinski definition) is 1. The number of piperidine rings is 1. The second kappa shape index (κ2) is 7.96. The second-order valence-electron chi connectivity index (χ2n) is 7.90. The van der Waals surface area contributed by atoms with E-state index in [-0.39, 0.29) is 5.60 Å². The van der Waals surface area contributed by atoms with Gasteiger partial charge in [0.15, 0.2) is 0 Å². The third-order valence-corrected chi connectivity index (χ3v) is 5.56. The quantitative estimate of drug-likeness (QED) is 0.897. The van der Waals surface area contributed by atoms with Crippen LogP contribution >= 0.6 is 0 Å². The van der Waals surface area contributed by atoms with E-state index in [0.29, 0.717) is 6.04 Å². The molecule has 4 nitrogen and oxygen atoms in total. The SMILES string of the molecule is CN(C)Cc1ccc(CN(C)C2CCOC3(CCNCC3)C2)cc1. The maximum absolute atomic E-state index is 6.22. The van der Waals surface area contributed by atoms with Gasteiger partial charge in [-0.2, -0.15) is 0 Å². The molecule has 0 radical (unpaired) electrons. The van der Waals surface area contributed by atoms with Gasteiger partial charge in [0.1, 0.15) is 0 Å². The predicted molar refractivity (Wildman–Crippen MR) is 99.1 cm³/mol. The Kier molecular flexibility index (Phi) is 5.93. The number of hydrogen-bond acceptors (Lipinski definition) is 4. The Morgan fingerprint density at radius 2 is 1.67 bits per heavy atom. The molecule has 2 fully saturated rings. The minimum Gasteiger partial charge on any atom is -0.375 e. The summed E-state index contributed by atoms with van der Waals surface area (Å²) >= 11 is 0. The average Bonchev–Trinajstić information content (AvgIpc) is 2.57. The Morgan fingerprint density at radius 1 is 1.04 bits per heavy atom. The van der Waals surface area contributed by atoms with E-state index in [9.17, 15) is 0 Å². The molecule has 1 atom stereocenters. The smallest absolute Gasteiger partial charge is 0.0721 e. The Bertz CT molecular complexity index is 503.